The zero-order valence-corrected chi connectivity index (χ0v) is 17.9. The van der Waals surface area contributed by atoms with Gasteiger partial charge in [0.25, 0.3) is 11.5 Å². The molecule has 3 aromatic rings. The van der Waals surface area contributed by atoms with E-state index >= 15 is 0 Å². The summed E-state index contributed by atoms with van der Waals surface area (Å²) in [5.74, 6) is -0.0163. The zero-order valence-electron chi connectivity index (χ0n) is 17.9. The number of carbonyl (C=O) groups excluding carboxylic acids is 1. The van der Waals surface area contributed by atoms with E-state index in [1.54, 1.807) is 24.3 Å². The standard InChI is InChI=1S/C23H28N4O3/c1-5-26(13-12-25(3)4)22(29)19-14-17(11-10-16(19)2)15-27-20-9-7-6-8-18(20)21(28)24-23(27)30/h6-11,14H,5,12-13,15H2,1-4H3,(H,24,28,30). The summed E-state index contributed by atoms with van der Waals surface area (Å²) >= 11 is 0. The van der Waals surface area contributed by atoms with Gasteiger partial charge in [-0.25, -0.2) is 4.79 Å². The van der Waals surface area contributed by atoms with Crippen LogP contribution in [0.15, 0.2) is 52.1 Å². The normalized spacial score (nSPS) is 11.2. The molecule has 0 spiro atoms. The molecule has 3 rings (SSSR count). The highest BCUT2D eigenvalue weighted by atomic mass is 16.2. The molecule has 7 heteroatoms. The van der Waals surface area contributed by atoms with Crippen LogP contribution in [0.1, 0.15) is 28.4 Å². The second kappa shape index (κ2) is 9.09. The summed E-state index contributed by atoms with van der Waals surface area (Å²) in [5, 5.41) is 0.460. The van der Waals surface area contributed by atoms with Crippen LogP contribution in [0.25, 0.3) is 10.9 Å². The highest BCUT2D eigenvalue weighted by Gasteiger charge is 2.17. The minimum absolute atomic E-state index is 0.0163. The Morgan fingerprint density at radius 2 is 1.80 bits per heavy atom. The van der Waals surface area contributed by atoms with Crippen LogP contribution in [0, 0.1) is 6.92 Å². The van der Waals surface area contributed by atoms with Crippen LogP contribution in [0.2, 0.25) is 0 Å². The van der Waals surface area contributed by atoms with Crippen molar-refractivity contribution in [2.45, 2.75) is 20.4 Å². The van der Waals surface area contributed by atoms with E-state index in [4.69, 9.17) is 0 Å². The number of H-pyrrole nitrogens is 1. The number of aromatic nitrogens is 2. The fourth-order valence-corrected chi connectivity index (χ4v) is 3.47. The van der Waals surface area contributed by atoms with E-state index in [0.29, 0.717) is 29.6 Å². The molecule has 0 fully saturated rings. The summed E-state index contributed by atoms with van der Waals surface area (Å²) in [6.45, 7) is 6.21. The van der Waals surface area contributed by atoms with Crippen LogP contribution in [-0.2, 0) is 6.54 Å². The van der Waals surface area contributed by atoms with Crippen molar-refractivity contribution in [1.82, 2.24) is 19.4 Å². The van der Waals surface area contributed by atoms with Crippen molar-refractivity contribution in [3.05, 3.63) is 80.0 Å². The monoisotopic (exact) mass is 408 g/mol. The Labute approximate surface area is 175 Å². The van der Waals surface area contributed by atoms with Crippen molar-refractivity contribution < 1.29 is 4.79 Å². The van der Waals surface area contributed by atoms with Crippen LogP contribution in [0.5, 0.6) is 0 Å². The molecule has 2 aromatic carbocycles. The Balaban J connectivity index is 1.97. The first-order valence-corrected chi connectivity index (χ1v) is 10.1. The van der Waals surface area contributed by atoms with Crippen LogP contribution >= 0.6 is 0 Å². The van der Waals surface area contributed by atoms with Crippen LogP contribution < -0.4 is 11.2 Å². The van der Waals surface area contributed by atoms with E-state index in [0.717, 1.165) is 17.7 Å². The Morgan fingerprint density at radius 3 is 2.50 bits per heavy atom. The minimum Gasteiger partial charge on any atom is -0.338 e. The molecule has 0 saturated heterocycles. The van der Waals surface area contributed by atoms with Gasteiger partial charge in [-0.3, -0.25) is 19.1 Å². The molecule has 30 heavy (non-hydrogen) atoms. The first kappa shape index (κ1) is 21.5. The van der Waals surface area contributed by atoms with Crippen LogP contribution in [0.4, 0.5) is 0 Å². The summed E-state index contributed by atoms with van der Waals surface area (Å²) in [6.07, 6.45) is 0. The van der Waals surface area contributed by atoms with Crippen molar-refractivity contribution in [2.24, 2.45) is 0 Å². The fourth-order valence-electron chi connectivity index (χ4n) is 3.47. The van der Waals surface area contributed by atoms with Gasteiger partial charge in [0.2, 0.25) is 0 Å². The Hall–Kier alpha value is -3.19. The van der Waals surface area contributed by atoms with Gasteiger partial charge >= 0.3 is 5.69 Å². The topological polar surface area (TPSA) is 78.4 Å². The summed E-state index contributed by atoms with van der Waals surface area (Å²) in [7, 11) is 3.97. The maximum Gasteiger partial charge on any atom is 0.329 e. The van der Waals surface area contributed by atoms with Gasteiger partial charge in [0, 0.05) is 25.2 Å². The molecule has 0 unspecified atom stereocenters. The third kappa shape index (κ3) is 4.52. The fraction of sp³-hybridized carbons (Fsp3) is 0.348. The zero-order chi connectivity index (χ0) is 21.8. The van der Waals surface area contributed by atoms with E-state index < -0.39 is 11.2 Å². The third-order valence-electron chi connectivity index (χ3n) is 5.26. The Kier molecular flexibility index (Phi) is 6.52. The molecule has 0 atom stereocenters. The lowest BCUT2D eigenvalue weighted by molar-refractivity contribution is 0.0753. The maximum atomic E-state index is 13.1. The molecular formula is C23H28N4O3. The summed E-state index contributed by atoms with van der Waals surface area (Å²) in [6, 6.07) is 12.7. The lowest BCUT2D eigenvalue weighted by Crippen LogP contribution is -2.37. The first-order valence-electron chi connectivity index (χ1n) is 10.1. The largest absolute Gasteiger partial charge is 0.338 e. The van der Waals surface area contributed by atoms with Crippen molar-refractivity contribution in [1.29, 1.82) is 0 Å². The molecule has 1 aromatic heterocycles. The average Bonchev–Trinajstić information content (AvgIpc) is 2.72. The van der Waals surface area contributed by atoms with Gasteiger partial charge in [-0.05, 0) is 57.3 Å². The number of hydrogen-bond acceptors (Lipinski definition) is 4. The number of fused-ring (bicyclic) bond motifs is 1. The van der Waals surface area contributed by atoms with Gasteiger partial charge in [-0.1, -0.05) is 24.3 Å². The van der Waals surface area contributed by atoms with E-state index in [9.17, 15) is 14.4 Å². The first-order chi connectivity index (χ1) is 14.3. The molecule has 7 nitrogen and oxygen atoms in total. The second-order valence-electron chi connectivity index (χ2n) is 7.70. The van der Waals surface area contributed by atoms with Crippen molar-refractivity contribution in [3.8, 4) is 0 Å². The number of nitrogens with one attached hydrogen (secondary N) is 1. The Bertz CT molecular complexity index is 1180. The van der Waals surface area contributed by atoms with Crippen LogP contribution in [-0.4, -0.2) is 59.0 Å². The molecule has 1 heterocycles. The number of para-hydroxylation sites is 1. The number of likely N-dealkylation sites (N-methyl/N-ethyl adjacent to an activating group) is 2. The van der Waals surface area contributed by atoms with Crippen molar-refractivity contribution >= 4 is 16.8 Å². The summed E-state index contributed by atoms with van der Waals surface area (Å²) in [4.78, 5) is 43.9. The lowest BCUT2D eigenvalue weighted by atomic mass is 10.0. The number of amides is 1. The minimum atomic E-state index is -0.465. The smallest absolute Gasteiger partial charge is 0.329 e. The molecule has 0 aliphatic rings. The molecule has 158 valence electrons. The van der Waals surface area contributed by atoms with Crippen LogP contribution in [0.3, 0.4) is 0 Å². The Morgan fingerprint density at radius 1 is 1.07 bits per heavy atom. The predicted octanol–water partition coefficient (Wildman–Crippen LogP) is 2.07. The van der Waals surface area contributed by atoms with E-state index in [1.165, 1.54) is 4.57 Å². The number of nitrogens with zero attached hydrogens (tertiary/aromatic N) is 3. The van der Waals surface area contributed by atoms with E-state index in [-0.39, 0.29) is 12.5 Å². The predicted molar refractivity (Wildman–Crippen MR) is 119 cm³/mol. The highest BCUT2D eigenvalue weighted by Crippen LogP contribution is 2.16. The number of benzene rings is 2. The molecule has 0 aliphatic heterocycles. The number of carbonyl (C=O) groups is 1. The summed E-state index contributed by atoms with van der Waals surface area (Å²) in [5.41, 5.74) is 2.06. The van der Waals surface area contributed by atoms with Gasteiger partial charge in [0.1, 0.15) is 0 Å². The molecule has 0 bridgehead atoms. The van der Waals surface area contributed by atoms with Crippen molar-refractivity contribution in [3.63, 3.8) is 0 Å². The van der Waals surface area contributed by atoms with Gasteiger partial charge in [-0.15, -0.1) is 0 Å². The summed E-state index contributed by atoms with van der Waals surface area (Å²) < 4.78 is 1.53. The number of rotatable bonds is 7. The molecule has 1 N–H and O–H groups in total. The SMILES string of the molecule is CCN(CCN(C)C)C(=O)c1cc(Cn2c(=O)[nH]c(=O)c3ccccc32)ccc1C. The molecular weight excluding hydrogens is 380 g/mol. The number of aromatic amines is 1. The van der Waals surface area contributed by atoms with Gasteiger partial charge < -0.3 is 9.80 Å². The van der Waals surface area contributed by atoms with Gasteiger partial charge in [0.15, 0.2) is 0 Å². The van der Waals surface area contributed by atoms with E-state index in [2.05, 4.69) is 4.98 Å². The lowest BCUT2D eigenvalue weighted by Gasteiger charge is -2.24. The van der Waals surface area contributed by atoms with E-state index in [1.807, 2.05) is 55.9 Å². The molecule has 0 saturated carbocycles. The maximum absolute atomic E-state index is 13.1. The van der Waals surface area contributed by atoms with Gasteiger partial charge in [0.05, 0.1) is 17.4 Å². The highest BCUT2D eigenvalue weighted by molar-refractivity contribution is 5.95. The average molecular weight is 409 g/mol. The third-order valence-corrected chi connectivity index (χ3v) is 5.26. The molecule has 1 amide bonds. The van der Waals surface area contributed by atoms with Gasteiger partial charge in [-0.2, -0.15) is 0 Å². The number of aryl methyl sites for hydroxylation is 1. The molecule has 0 radical (unpaired) electrons. The number of hydrogen-bond donors (Lipinski definition) is 1. The quantitative estimate of drug-likeness (QED) is 0.649. The van der Waals surface area contributed by atoms with Crippen molar-refractivity contribution in [2.75, 3.05) is 33.7 Å². The molecule has 0 aliphatic carbocycles. The second-order valence-corrected chi connectivity index (χ2v) is 7.70.